The summed E-state index contributed by atoms with van der Waals surface area (Å²) < 4.78 is 5.64. The smallest absolute Gasteiger partial charge is 0.238 e. The highest BCUT2D eigenvalue weighted by atomic mass is 35.5. The summed E-state index contributed by atoms with van der Waals surface area (Å²) in [5.74, 6) is -0.0651. The minimum absolute atomic E-state index is 0.0651. The normalized spacial score (nSPS) is 23.6. The highest BCUT2D eigenvalue weighted by molar-refractivity contribution is 6.42. The lowest BCUT2D eigenvalue weighted by atomic mass is 10.2. The first-order valence-electron chi connectivity index (χ1n) is 6.56. The third-order valence-corrected chi connectivity index (χ3v) is 3.80. The Labute approximate surface area is 129 Å². The Morgan fingerprint density at radius 3 is 2.55 bits per heavy atom. The van der Waals surface area contributed by atoms with Crippen molar-refractivity contribution in [2.75, 3.05) is 25.0 Å². The molecule has 1 fully saturated rings. The van der Waals surface area contributed by atoms with Crippen molar-refractivity contribution in [1.29, 1.82) is 0 Å². The van der Waals surface area contributed by atoms with Crippen LogP contribution in [0, 0.1) is 0 Å². The summed E-state index contributed by atoms with van der Waals surface area (Å²) in [6.45, 7) is 5.90. The van der Waals surface area contributed by atoms with Crippen LogP contribution in [0.15, 0.2) is 18.2 Å². The average molecular weight is 317 g/mol. The molecule has 0 aliphatic carbocycles. The minimum Gasteiger partial charge on any atom is -0.373 e. The van der Waals surface area contributed by atoms with E-state index in [-0.39, 0.29) is 18.1 Å². The van der Waals surface area contributed by atoms with E-state index < -0.39 is 0 Å². The van der Waals surface area contributed by atoms with E-state index in [0.717, 1.165) is 13.1 Å². The van der Waals surface area contributed by atoms with Gasteiger partial charge in [0.2, 0.25) is 5.91 Å². The number of nitrogens with zero attached hydrogens (tertiary/aromatic N) is 1. The van der Waals surface area contributed by atoms with Crippen LogP contribution in [0.5, 0.6) is 0 Å². The molecule has 1 amide bonds. The van der Waals surface area contributed by atoms with E-state index in [1.165, 1.54) is 0 Å². The van der Waals surface area contributed by atoms with E-state index in [1.807, 2.05) is 13.8 Å². The second kappa shape index (κ2) is 6.76. The van der Waals surface area contributed by atoms with Gasteiger partial charge in [0, 0.05) is 18.8 Å². The van der Waals surface area contributed by atoms with Crippen LogP contribution in [0.2, 0.25) is 10.0 Å². The SMILES string of the molecule is C[C@@H]1CN(CC(=O)Nc2ccc(Cl)c(Cl)c2)C[C@@H](C)O1. The second-order valence-electron chi connectivity index (χ2n) is 5.13. The fraction of sp³-hybridized carbons (Fsp3) is 0.500. The molecule has 0 spiro atoms. The Balaban J connectivity index is 1.90. The van der Waals surface area contributed by atoms with Gasteiger partial charge in [0.1, 0.15) is 0 Å². The lowest BCUT2D eigenvalue weighted by Gasteiger charge is -2.34. The van der Waals surface area contributed by atoms with E-state index >= 15 is 0 Å². The first-order valence-corrected chi connectivity index (χ1v) is 7.32. The predicted octanol–water partition coefficient (Wildman–Crippen LogP) is 3.04. The summed E-state index contributed by atoms with van der Waals surface area (Å²) in [6, 6.07) is 5.04. The number of ether oxygens (including phenoxy) is 1. The molecular formula is C14H18Cl2N2O2. The van der Waals surface area contributed by atoms with Crippen LogP contribution >= 0.6 is 23.2 Å². The molecule has 1 heterocycles. The van der Waals surface area contributed by atoms with E-state index in [0.29, 0.717) is 22.3 Å². The van der Waals surface area contributed by atoms with Gasteiger partial charge in [-0.3, -0.25) is 9.69 Å². The molecule has 0 saturated carbocycles. The van der Waals surface area contributed by atoms with Crippen molar-refractivity contribution in [2.45, 2.75) is 26.1 Å². The minimum atomic E-state index is -0.0651. The van der Waals surface area contributed by atoms with Crippen LogP contribution < -0.4 is 5.32 Å². The van der Waals surface area contributed by atoms with Crippen molar-refractivity contribution in [3.63, 3.8) is 0 Å². The molecule has 2 atom stereocenters. The van der Waals surface area contributed by atoms with E-state index in [9.17, 15) is 4.79 Å². The molecule has 1 N–H and O–H groups in total. The van der Waals surface area contributed by atoms with Gasteiger partial charge < -0.3 is 10.1 Å². The van der Waals surface area contributed by atoms with Crippen molar-refractivity contribution in [3.8, 4) is 0 Å². The summed E-state index contributed by atoms with van der Waals surface area (Å²) in [5.41, 5.74) is 0.652. The summed E-state index contributed by atoms with van der Waals surface area (Å²) in [6.07, 6.45) is 0.299. The zero-order valence-electron chi connectivity index (χ0n) is 11.5. The van der Waals surface area contributed by atoms with Crippen molar-refractivity contribution >= 4 is 34.8 Å². The molecule has 1 aromatic carbocycles. The maximum absolute atomic E-state index is 12.0. The van der Waals surface area contributed by atoms with Gasteiger partial charge in [0.25, 0.3) is 0 Å². The number of amides is 1. The molecule has 0 aromatic heterocycles. The maximum atomic E-state index is 12.0. The molecule has 0 unspecified atom stereocenters. The molecule has 1 saturated heterocycles. The third kappa shape index (κ3) is 4.35. The summed E-state index contributed by atoms with van der Waals surface area (Å²) >= 11 is 11.8. The van der Waals surface area contributed by atoms with Crippen LogP contribution in [0.4, 0.5) is 5.69 Å². The number of carbonyl (C=O) groups is 1. The summed E-state index contributed by atoms with van der Waals surface area (Å²) in [4.78, 5) is 14.1. The van der Waals surface area contributed by atoms with E-state index in [2.05, 4.69) is 10.2 Å². The summed E-state index contributed by atoms with van der Waals surface area (Å²) in [5, 5.41) is 3.72. The number of anilines is 1. The quantitative estimate of drug-likeness (QED) is 0.932. The van der Waals surface area contributed by atoms with Crippen LogP contribution in [0.1, 0.15) is 13.8 Å². The van der Waals surface area contributed by atoms with Gasteiger partial charge in [-0.25, -0.2) is 0 Å². The number of halogens is 2. The van der Waals surface area contributed by atoms with Gasteiger partial charge in [-0.2, -0.15) is 0 Å². The average Bonchev–Trinajstić information content (AvgIpc) is 2.32. The van der Waals surface area contributed by atoms with Crippen LogP contribution in [0.25, 0.3) is 0 Å². The standard InChI is InChI=1S/C14H18Cl2N2O2/c1-9-6-18(7-10(2)20-9)8-14(19)17-11-3-4-12(15)13(16)5-11/h3-5,9-10H,6-8H2,1-2H3,(H,17,19)/t9-,10-/m1/s1. The van der Waals surface area contributed by atoms with Crippen LogP contribution in [-0.4, -0.2) is 42.6 Å². The van der Waals surface area contributed by atoms with Gasteiger partial charge in [-0.05, 0) is 32.0 Å². The monoisotopic (exact) mass is 316 g/mol. The number of morpholine rings is 1. The number of carbonyl (C=O) groups excluding carboxylic acids is 1. The lowest BCUT2D eigenvalue weighted by molar-refractivity contribution is -0.121. The molecular weight excluding hydrogens is 299 g/mol. The van der Waals surface area contributed by atoms with E-state index in [4.69, 9.17) is 27.9 Å². The maximum Gasteiger partial charge on any atom is 0.238 e. The molecule has 0 radical (unpaired) electrons. The topological polar surface area (TPSA) is 41.6 Å². The highest BCUT2D eigenvalue weighted by Crippen LogP contribution is 2.25. The number of benzene rings is 1. The molecule has 4 nitrogen and oxygen atoms in total. The zero-order chi connectivity index (χ0) is 14.7. The van der Waals surface area contributed by atoms with Gasteiger partial charge in [0.15, 0.2) is 0 Å². The molecule has 6 heteroatoms. The van der Waals surface area contributed by atoms with E-state index in [1.54, 1.807) is 18.2 Å². The van der Waals surface area contributed by atoms with Gasteiger partial charge >= 0.3 is 0 Å². The lowest BCUT2D eigenvalue weighted by Crippen LogP contribution is -2.48. The van der Waals surface area contributed by atoms with Gasteiger partial charge in [-0.15, -0.1) is 0 Å². The predicted molar refractivity (Wildman–Crippen MR) is 81.5 cm³/mol. The molecule has 1 aliphatic heterocycles. The van der Waals surface area contributed by atoms with Crippen molar-refractivity contribution in [2.24, 2.45) is 0 Å². The van der Waals surface area contributed by atoms with Gasteiger partial charge in [-0.1, -0.05) is 23.2 Å². The van der Waals surface area contributed by atoms with Crippen molar-refractivity contribution in [3.05, 3.63) is 28.2 Å². The Morgan fingerprint density at radius 1 is 1.30 bits per heavy atom. The Bertz CT molecular complexity index is 486. The zero-order valence-corrected chi connectivity index (χ0v) is 13.0. The number of rotatable bonds is 3. The Kier molecular flexibility index (Phi) is 5.27. The largest absolute Gasteiger partial charge is 0.373 e. The highest BCUT2D eigenvalue weighted by Gasteiger charge is 2.23. The Hall–Kier alpha value is -0.810. The second-order valence-corrected chi connectivity index (χ2v) is 5.94. The fourth-order valence-corrected chi connectivity index (χ4v) is 2.69. The molecule has 1 aliphatic rings. The first-order chi connectivity index (χ1) is 9.44. The van der Waals surface area contributed by atoms with Crippen LogP contribution in [0.3, 0.4) is 0 Å². The van der Waals surface area contributed by atoms with Crippen LogP contribution in [-0.2, 0) is 9.53 Å². The molecule has 0 bridgehead atoms. The molecule has 1 aromatic rings. The third-order valence-electron chi connectivity index (χ3n) is 3.07. The first kappa shape index (κ1) is 15.6. The Morgan fingerprint density at radius 2 is 1.95 bits per heavy atom. The molecule has 2 rings (SSSR count). The summed E-state index contributed by atoms with van der Waals surface area (Å²) in [7, 11) is 0. The van der Waals surface area contributed by atoms with Gasteiger partial charge in [0.05, 0.1) is 28.8 Å². The fourth-order valence-electron chi connectivity index (χ4n) is 2.39. The van der Waals surface area contributed by atoms with Crippen molar-refractivity contribution < 1.29 is 9.53 Å². The molecule has 20 heavy (non-hydrogen) atoms. The molecule has 110 valence electrons. The number of nitrogens with one attached hydrogen (secondary N) is 1. The number of hydrogen-bond acceptors (Lipinski definition) is 3. The number of hydrogen-bond donors (Lipinski definition) is 1. The van der Waals surface area contributed by atoms with Crippen molar-refractivity contribution in [1.82, 2.24) is 4.90 Å².